The molecule has 0 aromatic carbocycles. The van der Waals surface area contributed by atoms with Crippen LogP contribution in [-0.4, -0.2) is 69.4 Å². The second-order valence-corrected chi connectivity index (χ2v) is 42.5. The minimum atomic E-state index is -0.378. The number of hydrogen-bond acceptors (Lipinski definition) is 12. The summed E-state index contributed by atoms with van der Waals surface area (Å²) < 4.78 is 35.7. The summed E-state index contributed by atoms with van der Waals surface area (Å²) in [7, 11) is 0. The zero-order chi connectivity index (χ0) is 84.9. The van der Waals surface area contributed by atoms with Crippen LogP contribution < -0.4 is 0 Å². The Kier molecular flexibility index (Phi) is 42.2. The molecule has 0 spiro atoms. The number of ether oxygens (including phenoxy) is 6. The maximum Gasteiger partial charge on any atom is 0.312 e. The molecule has 8 aliphatic rings. The molecule has 4 bridgehead atoms. The van der Waals surface area contributed by atoms with Gasteiger partial charge >= 0.3 is 35.8 Å². The number of rotatable bonds is 19. The smallest absolute Gasteiger partial charge is 0.312 e. The molecule has 8 aliphatic carbocycles. The standard InChI is InChI=1S/C19H36O2.C17H30O2.C17H32O2.C15H26O2.C15H28O2.C14H26O2.C2H6/c1-5-18(2,3)17(20)21-19(4)15-13-11-9-7-6-8-10-12-14-16-19;1-8-14(2,3)13(18)19-17(7)15(4,5)12-9-10-16(17,6)11-12;1-5-16(2,3)15(18)19-17(4)13-11-9-7-6-8-10-12-14-17;1-6-13(2,3)12(16)17-15(5)10-11-7-8-14(15,4)9-11;1-5-14(3,4)13(16)17-15(6-2)11-9-7-8-10-12-15;1-5-13(2,3)12(15)16-14(4)10-8-6-7-9-11-14;1-2/h5-16H2,1-4H3;12H,8-11H2,1-7H3;5-14H2,1-4H3;11H,6-10H2,1-5H3;5-12H2,1-4H3;5-11H2,1-4H3;1-2H3. The summed E-state index contributed by atoms with van der Waals surface area (Å²) in [6.45, 7) is 62.1. The SMILES string of the molecule is CC.CCC(C)(C)C(=O)OC1(C)C2(C)CCC(C2)C1(C)C.CCC(C)(C)C(=O)OC1(C)CC2CCC1(C)C2.CCC(C)(C)C(=O)OC1(C)CCCCCC1.CCC(C)(C)C(=O)OC1(C)CCCCCCCCC1.CCC(C)(C)C(=O)OC1(C)CCCCCCCCCCC1.CCC1(OC(=O)C(C)(C)CC)CCCCCC1. The molecule has 8 fully saturated rings. The molecule has 12 heteroatoms. The summed E-state index contributed by atoms with van der Waals surface area (Å²) in [5.41, 5.74) is -3.06. The van der Waals surface area contributed by atoms with Gasteiger partial charge < -0.3 is 28.4 Å². The average Bonchev–Trinajstić information content (AvgIpc) is 1.54. The zero-order valence-electron chi connectivity index (χ0n) is 79.1. The Bertz CT molecular complexity index is 2720. The fraction of sp³-hybridized carbons (Fsp3) is 0.939. The number of esters is 6. The zero-order valence-corrected chi connectivity index (χ0v) is 79.1. The van der Waals surface area contributed by atoms with Crippen LogP contribution in [0, 0.1) is 60.6 Å². The van der Waals surface area contributed by atoms with E-state index in [2.05, 4.69) is 90.0 Å². The molecule has 0 saturated heterocycles. The van der Waals surface area contributed by atoms with Crippen LogP contribution in [0.4, 0.5) is 0 Å². The van der Waals surface area contributed by atoms with E-state index in [0.717, 1.165) is 109 Å². The lowest BCUT2D eigenvalue weighted by Crippen LogP contribution is -2.55. The lowest BCUT2D eigenvalue weighted by atomic mass is 9.61. The van der Waals surface area contributed by atoms with Crippen LogP contribution in [0.15, 0.2) is 0 Å². The van der Waals surface area contributed by atoms with E-state index in [0.29, 0.717) is 5.92 Å². The molecule has 12 nitrogen and oxygen atoms in total. The van der Waals surface area contributed by atoms with E-state index in [-0.39, 0.29) is 118 Å². The Morgan fingerprint density at radius 2 is 0.523 bits per heavy atom. The van der Waals surface area contributed by atoms with Crippen molar-refractivity contribution in [1.29, 1.82) is 0 Å². The molecule has 0 N–H and O–H groups in total. The highest BCUT2D eigenvalue weighted by atomic mass is 16.6. The van der Waals surface area contributed by atoms with E-state index in [1.807, 2.05) is 118 Å². The van der Waals surface area contributed by atoms with Crippen LogP contribution in [0.5, 0.6) is 0 Å². The van der Waals surface area contributed by atoms with Gasteiger partial charge in [-0.25, -0.2) is 0 Å². The minimum Gasteiger partial charge on any atom is -0.459 e. The highest BCUT2D eigenvalue weighted by Gasteiger charge is 2.69. The van der Waals surface area contributed by atoms with E-state index < -0.39 is 0 Å². The molecular weight excluding hydrogens is 1380 g/mol. The van der Waals surface area contributed by atoms with Crippen molar-refractivity contribution in [2.45, 2.75) is 537 Å². The van der Waals surface area contributed by atoms with Crippen LogP contribution in [0.3, 0.4) is 0 Å². The van der Waals surface area contributed by atoms with Crippen molar-refractivity contribution in [1.82, 2.24) is 0 Å². The van der Waals surface area contributed by atoms with Crippen molar-refractivity contribution < 1.29 is 57.2 Å². The first kappa shape index (κ1) is 104. The van der Waals surface area contributed by atoms with Crippen molar-refractivity contribution in [3.63, 3.8) is 0 Å². The Morgan fingerprint density at radius 3 is 0.757 bits per heavy atom. The third kappa shape index (κ3) is 30.6. The Balaban J connectivity index is 0.000000451. The summed E-state index contributed by atoms with van der Waals surface area (Å²) in [4.78, 5) is 73.8. The highest BCUT2D eigenvalue weighted by Crippen LogP contribution is 2.69. The summed E-state index contributed by atoms with van der Waals surface area (Å²) in [5.74, 6) is 1.36. The molecule has 0 radical (unpaired) electrons. The first-order valence-electron chi connectivity index (χ1n) is 46.8. The third-order valence-electron chi connectivity index (χ3n) is 30.6. The van der Waals surface area contributed by atoms with Crippen LogP contribution in [0.2, 0.25) is 0 Å². The van der Waals surface area contributed by atoms with Gasteiger partial charge in [0.25, 0.3) is 0 Å². The van der Waals surface area contributed by atoms with E-state index in [4.69, 9.17) is 28.4 Å². The van der Waals surface area contributed by atoms with Crippen molar-refractivity contribution in [3.05, 3.63) is 0 Å². The first-order chi connectivity index (χ1) is 51.4. The number of carbonyl (C=O) groups excluding carboxylic acids is 6. The Labute approximate surface area is 686 Å². The fourth-order valence-corrected chi connectivity index (χ4v) is 17.7. The van der Waals surface area contributed by atoms with Gasteiger partial charge in [0, 0.05) is 16.2 Å². The van der Waals surface area contributed by atoms with Gasteiger partial charge in [-0.1, -0.05) is 193 Å². The lowest BCUT2D eigenvalue weighted by molar-refractivity contribution is -0.202. The van der Waals surface area contributed by atoms with Gasteiger partial charge in [0.2, 0.25) is 0 Å². The lowest BCUT2D eigenvalue weighted by Gasteiger charge is -2.51. The summed E-state index contributed by atoms with van der Waals surface area (Å²) >= 11 is 0. The van der Waals surface area contributed by atoms with Gasteiger partial charge in [0.15, 0.2) is 0 Å². The monoisotopic (exact) mass is 1570 g/mol. The molecule has 111 heavy (non-hydrogen) atoms. The van der Waals surface area contributed by atoms with Crippen LogP contribution in [0.1, 0.15) is 503 Å². The normalized spacial score (nSPS) is 27.3. The molecule has 6 unspecified atom stereocenters. The second-order valence-electron chi connectivity index (χ2n) is 42.5. The van der Waals surface area contributed by atoms with Crippen molar-refractivity contribution in [3.8, 4) is 0 Å². The first-order valence-corrected chi connectivity index (χ1v) is 46.8. The quantitative estimate of drug-likeness (QED) is 0.0686. The predicted octanol–water partition coefficient (Wildman–Crippen LogP) is 29.4. The van der Waals surface area contributed by atoms with Crippen LogP contribution in [-0.2, 0) is 57.2 Å². The highest BCUT2D eigenvalue weighted by molar-refractivity contribution is 5.79. The number of fused-ring (bicyclic) bond motifs is 4. The van der Waals surface area contributed by atoms with E-state index in [1.165, 1.54) is 193 Å². The topological polar surface area (TPSA) is 158 Å². The van der Waals surface area contributed by atoms with E-state index in [9.17, 15) is 28.8 Å². The maximum atomic E-state index is 12.5. The van der Waals surface area contributed by atoms with Crippen molar-refractivity contribution >= 4 is 35.8 Å². The summed E-state index contributed by atoms with van der Waals surface area (Å²) in [5, 5.41) is 0. The van der Waals surface area contributed by atoms with Gasteiger partial charge in [-0.05, 0) is 322 Å². The molecular formula is C99H184O12. The molecule has 0 aliphatic heterocycles. The molecule has 0 heterocycles. The van der Waals surface area contributed by atoms with Crippen LogP contribution >= 0.6 is 0 Å². The number of carbonyl (C=O) groups is 6. The van der Waals surface area contributed by atoms with Gasteiger partial charge in [-0.15, -0.1) is 0 Å². The maximum absolute atomic E-state index is 12.5. The molecule has 8 saturated carbocycles. The average molecular weight is 1570 g/mol. The molecule has 6 atom stereocenters. The second kappa shape index (κ2) is 45.1. The van der Waals surface area contributed by atoms with Crippen molar-refractivity contribution in [2.24, 2.45) is 60.6 Å². The van der Waals surface area contributed by atoms with Crippen LogP contribution in [0.25, 0.3) is 0 Å². The van der Waals surface area contributed by atoms with Gasteiger partial charge in [-0.2, -0.15) is 0 Å². The molecule has 0 aromatic rings. The van der Waals surface area contributed by atoms with Gasteiger partial charge in [0.05, 0.1) is 32.5 Å². The molecule has 0 aromatic heterocycles. The molecule has 8 rings (SSSR count). The predicted molar refractivity (Wildman–Crippen MR) is 464 cm³/mol. The van der Waals surface area contributed by atoms with E-state index in [1.54, 1.807) is 0 Å². The summed E-state index contributed by atoms with van der Waals surface area (Å²) in [6.07, 6.45) is 53.4. The molecule has 652 valence electrons. The van der Waals surface area contributed by atoms with Crippen molar-refractivity contribution in [2.75, 3.05) is 0 Å². The fourth-order valence-electron chi connectivity index (χ4n) is 17.7. The summed E-state index contributed by atoms with van der Waals surface area (Å²) in [6, 6.07) is 0. The van der Waals surface area contributed by atoms with E-state index >= 15 is 0 Å². The minimum absolute atomic E-state index is 0.0104. The molecule has 0 amide bonds. The Hall–Kier alpha value is -3.18. The van der Waals surface area contributed by atoms with Gasteiger partial charge in [0.1, 0.15) is 33.6 Å². The third-order valence-corrected chi connectivity index (χ3v) is 30.6. The Morgan fingerprint density at radius 1 is 0.279 bits per heavy atom. The number of hydrogen-bond donors (Lipinski definition) is 0. The largest absolute Gasteiger partial charge is 0.459 e. The van der Waals surface area contributed by atoms with Gasteiger partial charge in [-0.3, -0.25) is 28.8 Å².